The number of fused-ring (bicyclic) bond motifs is 1. The van der Waals surface area contributed by atoms with Crippen LogP contribution in [0.15, 0.2) is 17.5 Å². The van der Waals surface area contributed by atoms with Crippen molar-refractivity contribution in [2.45, 2.75) is 19.4 Å². The Morgan fingerprint density at radius 3 is 2.80 bits per heavy atom. The molecule has 2 aromatic heterocycles. The Morgan fingerprint density at radius 1 is 1.35 bits per heavy atom. The van der Waals surface area contributed by atoms with Gasteiger partial charge < -0.3 is 4.90 Å². The molecular formula is C13H12N2O3S2. The second kappa shape index (κ2) is 4.39. The van der Waals surface area contributed by atoms with E-state index in [0.717, 1.165) is 9.40 Å². The van der Waals surface area contributed by atoms with Gasteiger partial charge in [-0.1, -0.05) is 0 Å². The summed E-state index contributed by atoms with van der Waals surface area (Å²) in [5, 5.41) is 4.23. The van der Waals surface area contributed by atoms with Crippen LogP contribution in [0.1, 0.15) is 23.5 Å². The normalized spacial score (nSPS) is 18.4. The fraction of sp³-hybridized carbons (Fsp3) is 0.308. The number of carbonyl (C=O) groups is 3. The van der Waals surface area contributed by atoms with E-state index in [2.05, 4.69) is 5.32 Å². The van der Waals surface area contributed by atoms with Gasteiger partial charge in [0.2, 0.25) is 5.91 Å². The van der Waals surface area contributed by atoms with Crippen LogP contribution >= 0.6 is 22.7 Å². The van der Waals surface area contributed by atoms with Crippen LogP contribution in [0.25, 0.3) is 9.40 Å². The molecule has 3 rings (SSSR count). The number of carbonyl (C=O) groups excluding carboxylic acids is 3. The van der Waals surface area contributed by atoms with E-state index < -0.39 is 17.4 Å². The lowest BCUT2D eigenvalue weighted by Crippen LogP contribution is -2.65. The number of piperazine rings is 1. The molecule has 20 heavy (non-hydrogen) atoms. The number of hydrogen-bond donors (Lipinski definition) is 1. The molecule has 1 aliphatic rings. The Balaban J connectivity index is 1.97. The van der Waals surface area contributed by atoms with Gasteiger partial charge in [-0.15, -0.1) is 22.7 Å². The molecule has 7 heteroatoms. The standard InChI is InChI=1S/C13H12N2O3S2/c1-13(2)12(18)14-10(16)6-15(13)11(17)9-5-8-7(20-9)3-4-19-8/h3-5H,6H2,1-2H3,(H,14,16,18). The van der Waals surface area contributed by atoms with Gasteiger partial charge in [-0.05, 0) is 31.4 Å². The highest BCUT2D eigenvalue weighted by molar-refractivity contribution is 7.27. The maximum Gasteiger partial charge on any atom is 0.265 e. The van der Waals surface area contributed by atoms with E-state index in [1.807, 2.05) is 17.5 Å². The van der Waals surface area contributed by atoms with Crippen LogP contribution in [-0.4, -0.2) is 34.7 Å². The summed E-state index contributed by atoms with van der Waals surface area (Å²) < 4.78 is 2.09. The van der Waals surface area contributed by atoms with Crippen molar-refractivity contribution in [1.82, 2.24) is 10.2 Å². The van der Waals surface area contributed by atoms with E-state index in [1.54, 1.807) is 25.2 Å². The monoisotopic (exact) mass is 308 g/mol. The highest BCUT2D eigenvalue weighted by Crippen LogP contribution is 2.32. The molecule has 0 atom stereocenters. The first kappa shape index (κ1) is 13.3. The van der Waals surface area contributed by atoms with Crippen LogP contribution in [0.5, 0.6) is 0 Å². The molecule has 0 spiro atoms. The molecule has 1 saturated heterocycles. The summed E-state index contributed by atoms with van der Waals surface area (Å²) in [6.45, 7) is 3.19. The molecule has 3 heterocycles. The van der Waals surface area contributed by atoms with Crippen molar-refractivity contribution in [2.75, 3.05) is 6.54 Å². The summed E-state index contributed by atoms with van der Waals surface area (Å²) in [6, 6.07) is 3.78. The lowest BCUT2D eigenvalue weighted by molar-refractivity contribution is -0.143. The van der Waals surface area contributed by atoms with Crippen molar-refractivity contribution >= 4 is 49.8 Å². The highest BCUT2D eigenvalue weighted by atomic mass is 32.1. The van der Waals surface area contributed by atoms with Crippen molar-refractivity contribution in [3.63, 3.8) is 0 Å². The minimum Gasteiger partial charge on any atom is -0.314 e. The maximum absolute atomic E-state index is 12.6. The third kappa shape index (κ3) is 1.94. The van der Waals surface area contributed by atoms with Gasteiger partial charge in [0.05, 0.1) is 4.88 Å². The summed E-state index contributed by atoms with van der Waals surface area (Å²) >= 11 is 2.95. The molecular weight excluding hydrogens is 296 g/mol. The van der Waals surface area contributed by atoms with Crippen molar-refractivity contribution in [1.29, 1.82) is 0 Å². The van der Waals surface area contributed by atoms with Gasteiger partial charge in [0.25, 0.3) is 11.8 Å². The second-order valence-electron chi connectivity index (χ2n) is 5.09. The molecule has 0 aromatic carbocycles. The van der Waals surface area contributed by atoms with Crippen molar-refractivity contribution in [2.24, 2.45) is 0 Å². The van der Waals surface area contributed by atoms with E-state index in [0.29, 0.717) is 4.88 Å². The molecule has 3 amide bonds. The van der Waals surface area contributed by atoms with E-state index in [9.17, 15) is 14.4 Å². The molecule has 5 nitrogen and oxygen atoms in total. The summed E-state index contributed by atoms with van der Waals surface area (Å²) in [6.07, 6.45) is 0. The number of hydrogen-bond acceptors (Lipinski definition) is 5. The number of imide groups is 1. The Kier molecular flexibility index (Phi) is 2.91. The van der Waals surface area contributed by atoms with E-state index in [4.69, 9.17) is 0 Å². The van der Waals surface area contributed by atoms with Crippen LogP contribution in [0, 0.1) is 0 Å². The largest absolute Gasteiger partial charge is 0.314 e. The van der Waals surface area contributed by atoms with Crippen molar-refractivity contribution in [3.8, 4) is 0 Å². The Hall–Kier alpha value is -1.73. The fourth-order valence-corrected chi connectivity index (χ4v) is 4.17. The lowest BCUT2D eigenvalue weighted by atomic mass is 9.98. The van der Waals surface area contributed by atoms with Crippen LogP contribution in [0.2, 0.25) is 0 Å². The van der Waals surface area contributed by atoms with Crippen LogP contribution in [0.3, 0.4) is 0 Å². The molecule has 2 aromatic rings. The SMILES string of the molecule is CC1(C)C(=O)NC(=O)CN1C(=O)c1cc2sccc2s1. The molecule has 104 valence electrons. The highest BCUT2D eigenvalue weighted by Gasteiger charge is 2.44. The second-order valence-corrected chi connectivity index (χ2v) is 7.12. The molecule has 1 fully saturated rings. The number of nitrogens with one attached hydrogen (secondary N) is 1. The topological polar surface area (TPSA) is 66.5 Å². The minimum absolute atomic E-state index is 0.0941. The van der Waals surface area contributed by atoms with E-state index >= 15 is 0 Å². The van der Waals surface area contributed by atoms with Gasteiger partial charge >= 0.3 is 0 Å². The van der Waals surface area contributed by atoms with Gasteiger partial charge in [0.1, 0.15) is 12.1 Å². The predicted molar refractivity (Wildman–Crippen MR) is 78.0 cm³/mol. The fourth-order valence-electron chi connectivity index (χ4n) is 2.11. The first-order valence-corrected chi connectivity index (χ1v) is 7.72. The predicted octanol–water partition coefficient (Wildman–Crippen LogP) is 1.84. The Bertz CT molecular complexity index is 700. The molecule has 0 saturated carbocycles. The molecule has 0 radical (unpaired) electrons. The van der Waals surface area contributed by atoms with E-state index in [1.165, 1.54) is 16.2 Å². The molecule has 1 N–H and O–H groups in total. The molecule has 0 aliphatic carbocycles. The van der Waals surface area contributed by atoms with Gasteiger partial charge in [0, 0.05) is 9.40 Å². The molecule has 0 bridgehead atoms. The molecule has 0 unspecified atom stereocenters. The van der Waals surface area contributed by atoms with Gasteiger partial charge in [-0.2, -0.15) is 0 Å². The maximum atomic E-state index is 12.6. The van der Waals surface area contributed by atoms with Gasteiger partial charge in [0.15, 0.2) is 0 Å². The average molecular weight is 308 g/mol. The summed E-state index contributed by atoms with van der Waals surface area (Å²) in [5.41, 5.74) is -1.03. The number of amides is 3. The average Bonchev–Trinajstić information content (AvgIpc) is 2.93. The van der Waals surface area contributed by atoms with Crippen molar-refractivity contribution in [3.05, 3.63) is 22.4 Å². The van der Waals surface area contributed by atoms with Gasteiger partial charge in [-0.25, -0.2) is 0 Å². The number of nitrogens with zero attached hydrogens (tertiary/aromatic N) is 1. The van der Waals surface area contributed by atoms with Crippen LogP contribution in [-0.2, 0) is 9.59 Å². The third-order valence-corrected chi connectivity index (χ3v) is 5.46. The first-order chi connectivity index (χ1) is 9.39. The Morgan fingerprint density at radius 2 is 2.10 bits per heavy atom. The molecule has 1 aliphatic heterocycles. The first-order valence-electron chi connectivity index (χ1n) is 6.03. The van der Waals surface area contributed by atoms with E-state index in [-0.39, 0.29) is 12.5 Å². The zero-order valence-corrected chi connectivity index (χ0v) is 12.6. The van der Waals surface area contributed by atoms with Gasteiger partial charge in [-0.3, -0.25) is 19.7 Å². The summed E-state index contributed by atoms with van der Waals surface area (Å²) in [5.74, 6) is -1.16. The quantitative estimate of drug-likeness (QED) is 0.818. The zero-order chi connectivity index (χ0) is 14.5. The number of thiophene rings is 2. The van der Waals surface area contributed by atoms with Crippen LogP contribution < -0.4 is 5.32 Å². The summed E-state index contributed by atoms with van der Waals surface area (Å²) in [4.78, 5) is 37.9. The third-order valence-electron chi connectivity index (χ3n) is 3.38. The van der Waals surface area contributed by atoms with Crippen LogP contribution in [0.4, 0.5) is 0 Å². The Labute approximate surface area is 123 Å². The lowest BCUT2D eigenvalue weighted by Gasteiger charge is -2.39. The zero-order valence-electron chi connectivity index (χ0n) is 10.9. The number of rotatable bonds is 1. The smallest absolute Gasteiger partial charge is 0.265 e. The minimum atomic E-state index is -1.03. The summed E-state index contributed by atoms with van der Waals surface area (Å²) in [7, 11) is 0. The van der Waals surface area contributed by atoms with Crippen molar-refractivity contribution < 1.29 is 14.4 Å².